The summed E-state index contributed by atoms with van der Waals surface area (Å²) in [5.74, 6) is 2.69. The van der Waals surface area contributed by atoms with E-state index >= 15 is 0 Å². The van der Waals surface area contributed by atoms with Gasteiger partial charge in [-0.3, -0.25) is 0 Å². The summed E-state index contributed by atoms with van der Waals surface area (Å²) in [5, 5.41) is 8.97. The maximum atomic E-state index is 8.97. The Morgan fingerprint density at radius 1 is 1.00 bits per heavy atom. The SMILES string of the molecule is CCCC1CCC2c3ccc(-c4ccc(C#N)cc4)cc3CCC2C1. The second-order valence-corrected chi connectivity index (χ2v) is 7.98. The number of fused-ring (bicyclic) bond motifs is 3. The van der Waals surface area contributed by atoms with Crippen LogP contribution in [0.4, 0.5) is 0 Å². The van der Waals surface area contributed by atoms with Crippen molar-refractivity contribution in [1.29, 1.82) is 5.26 Å². The first-order valence-corrected chi connectivity index (χ1v) is 9.92. The molecule has 4 rings (SSSR count). The molecular weight excluding hydrogens is 302 g/mol. The van der Waals surface area contributed by atoms with Crippen molar-refractivity contribution in [2.24, 2.45) is 11.8 Å². The first-order chi connectivity index (χ1) is 12.3. The van der Waals surface area contributed by atoms with Crippen LogP contribution in [0.15, 0.2) is 42.5 Å². The maximum Gasteiger partial charge on any atom is 0.0991 e. The standard InChI is InChI=1S/C24H27N/c1-2-3-17-6-12-23-21(14-17)9-10-22-15-20(11-13-24(22)23)19-7-4-18(16-25)5-8-19/h4-5,7-8,11,13,15,17,21,23H,2-3,6,9-10,12,14H2,1H3. The van der Waals surface area contributed by atoms with Crippen molar-refractivity contribution < 1.29 is 0 Å². The van der Waals surface area contributed by atoms with Crippen molar-refractivity contribution in [3.63, 3.8) is 0 Å². The molecule has 0 heterocycles. The number of aryl methyl sites for hydroxylation is 1. The Morgan fingerprint density at radius 3 is 2.56 bits per heavy atom. The second kappa shape index (κ2) is 7.04. The van der Waals surface area contributed by atoms with Gasteiger partial charge in [0.2, 0.25) is 0 Å². The molecule has 1 saturated carbocycles. The summed E-state index contributed by atoms with van der Waals surface area (Å²) in [6, 6.07) is 17.3. The van der Waals surface area contributed by atoms with E-state index < -0.39 is 0 Å². The summed E-state index contributed by atoms with van der Waals surface area (Å²) in [6.45, 7) is 2.33. The molecule has 1 heteroatoms. The van der Waals surface area contributed by atoms with E-state index in [0.717, 1.165) is 23.3 Å². The molecule has 2 aliphatic rings. The zero-order valence-corrected chi connectivity index (χ0v) is 15.2. The third kappa shape index (κ3) is 3.23. The normalized spacial score (nSPS) is 24.9. The summed E-state index contributed by atoms with van der Waals surface area (Å²) in [5.41, 5.74) is 6.44. The molecule has 128 valence electrons. The fourth-order valence-electron chi connectivity index (χ4n) is 5.20. The molecule has 2 aromatic rings. The summed E-state index contributed by atoms with van der Waals surface area (Å²) in [4.78, 5) is 0. The van der Waals surface area contributed by atoms with Gasteiger partial charge in [-0.15, -0.1) is 0 Å². The van der Waals surface area contributed by atoms with Crippen LogP contribution >= 0.6 is 0 Å². The lowest BCUT2D eigenvalue weighted by Crippen LogP contribution is -2.28. The predicted octanol–water partition coefficient (Wildman–Crippen LogP) is 6.47. The van der Waals surface area contributed by atoms with E-state index in [4.69, 9.17) is 5.26 Å². The third-order valence-electron chi connectivity index (χ3n) is 6.46. The highest BCUT2D eigenvalue weighted by molar-refractivity contribution is 5.66. The van der Waals surface area contributed by atoms with Gasteiger partial charge in [-0.25, -0.2) is 0 Å². The van der Waals surface area contributed by atoms with Gasteiger partial charge in [0.1, 0.15) is 0 Å². The summed E-state index contributed by atoms with van der Waals surface area (Å²) in [6.07, 6.45) is 9.63. The van der Waals surface area contributed by atoms with Crippen LogP contribution in [-0.4, -0.2) is 0 Å². The van der Waals surface area contributed by atoms with Gasteiger partial charge in [0, 0.05) is 0 Å². The lowest BCUT2D eigenvalue weighted by Gasteiger charge is -2.40. The maximum absolute atomic E-state index is 8.97. The molecule has 0 aromatic heterocycles. The van der Waals surface area contributed by atoms with Gasteiger partial charge in [0.05, 0.1) is 11.6 Å². The van der Waals surface area contributed by atoms with Crippen LogP contribution in [0, 0.1) is 23.2 Å². The monoisotopic (exact) mass is 329 g/mol. The van der Waals surface area contributed by atoms with Crippen LogP contribution in [0.5, 0.6) is 0 Å². The van der Waals surface area contributed by atoms with Crippen LogP contribution < -0.4 is 0 Å². The quantitative estimate of drug-likeness (QED) is 0.633. The van der Waals surface area contributed by atoms with E-state index in [2.05, 4.69) is 43.3 Å². The smallest absolute Gasteiger partial charge is 0.0991 e. The topological polar surface area (TPSA) is 23.8 Å². The van der Waals surface area contributed by atoms with E-state index in [0.29, 0.717) is 0 Å². The van der Waals surface area contributed by atoms with E-state index in [9.17, 15) is 0 Å². The molecule has 2 aliphatic carbocycles. The van der Waals surface area contributed by atoms with Gasteiger partial charge in [-0.1, -0.05) is 50.1 Å². The minimum absolute atomic E-state index is 0.730. The molecule has 3 unspecified atom stereocenters. The van der Waals surface area contributed by atoms with Gasteiger partial charge in [-0.05, 0) is 84.2 Å². The van der Waals surface area contributed by atoms with Gasteiger partial charge >= 0.3 is 0 Å². The molecule has 0 saturated heterocycles. The highest BCUT2D eigenvalue weighted by Gasteiger charge is 2.34. The molecule has 0 spiro atoms. The van der Waals surface area contributed by atoms with E-state index in [1.165, 1.54) is 56.1 Å². The van der Waals surface area contributed by atoms with Crippen LogP contribution in [0.3, 0.4) is 0 Å². The van der Waals surface area contributed by atoms with Crippen molar-refractivity contribution in [2.45, 2.75) is 57.8 Å². The molecule has 0 aliphatic heterocycles. The van der Waals surface area contributed by atoms with Gasteiger partial charge < -0.3 is 0 Å². The minimum Gasteiger partial charge on any atom is -0.192 e. The molecule has 1 fully saturated rings. The Labute approximate surface area is 151 Å². The van der Waals surface area contributed by atoms with Crippen molar-refractivity contribution >= 4 is 0 Å². The Morgan fingerprint density at radius 2 is 1.80 bits per heavy atom. The van der Waals surface area contributed by atoms with Crippen molar-refractivity contribution in [3.8, 4) is 17.2 Å². The zero-order valence-electron chi connectivity index (χ0n) is 15.2. The van der Waals surface area contributed by atoms with Gasteiger partial charge in [0.25, 0.3) is 0 Å². The molecule has 1 nitrogen and oxygen atoms in total. The molecule has 3 atom stereocenters. The highest BCUT2D eigenvalue weighted by Crippen LogP contribution is 2.48. The van der Waals surface area contributed by atoms with Crippen molar-refractivity contribution in [1.82, 2.24) is 0 Å². The largest absolute Gasteiger partial charge is 0.192 e. The number of rotatable bonds is 3. The van der Waals surface area contributed by atoms with Crippen molar-refractivity contribution in [2.75, 3.05) is 0 Å². The summed E-state index contributed by atoms with van der Waals surface area (Å²) >= 11 is 0. The molecule has 2 aromatic carbocycles. The minimum atomic E-state index is 0.730. The Balaban J connectivity index is 1.57. The average molecular weight is 329 g/mol. The fraction of sp³-hybridized carbons (Fsp3) is 0.458. The zero-order chi connectivity index (χ0) is 17.2. The number of benzene rings is 2. The van der Waals surface area contributed by atoms with Crippen LogP contribution in [-0.2, 0) is 6.42 Å². The molecule has 25 heavy (non-hydrogen) atoms. The number of hydrogen-bond acceptors (Lipinski definition) is 1. The Kier molecular flexibility index (Phi) is 4.62. The summed E-state index contributed by atoms with van der Waals surface area (Å²) in [7, 11) is 0. The lowest BCUT2D eigenvalue weighted by molar-refractivity contribution is 0.201. The number of hydrogen-bond donors (Lipinski definition) is 0. The van der Waals surface area contributed by atoms with E-state index in [1.54, 1.807) is 11.1 Å². The lowest BCUT2D eigenvalue weighted by atomic mass is 9.64. The molecular formula is C24H27N. The predicted molar refractivity (Wildman–Crippen MR) is 103 cm³/mol. The second-order valence-electron chi connectivity index (χ2n) is 7.98. The highest BCUT2D eigenvalue weighted by atomic mass is 14.4. The first kappa shape index (κ1) is 16.4. The molecule has 0 N–H and O–H groups in total. The van der Waals surface area contributed by atoms with E-state index in [1.807, 2.05) is 12.1 Å². The fourth-order valence-corrected chi connectivity index (χ4v) is 5.20. The van der Waals surface area contributed by atoms with Crippen LogP contribution in [0.25, 0.3) is 11.1 Å². The van der Waals surface area contributed by atoms with Crippen molar-refractivity contribution in [3.05, 3.63) is 59.2 Å². The molecule has 0 radical (unpaired) electrons. The Hall–Kier alpha value is -2.07. The Bertz CT molecular complexity index is 781. The van der Waals surface area contributed by atoms with Crippen LogP contribution in [0.2, 0.25) is 0 Å². The van der Waals surface area contributed by atoms with Gasteiger partial charge in [0.15, 0.2) is 0 Å². The van der Waals surface area contributed by atoms with E-state index in [-0.39, 0.29) is 0 Å². The first-order valence-electron chi connectivity index (χ1n) is 9.92. The van der Waals surface area contributed by atoms with Crippen LogP contribution in [0.1, 0.15) is 68.1 Å². The third-order valence-corrected chi connectivity index (χ3v) is 6.46. The summed E-state index contributed by atoms with van der Waals surface area (Å²) < 4.78 is 0. The molecule has 0 bridgehead atoms. The average Bonchev–Trinajstić information content (AvgIpc) is 2.67. The number of nitriles is 1. The number of nitrogens with zero attached hydrogens (tertiary/aromatic N) is 1. The molecule has 0 amide bonds. The van der Waals surface area contributed by atoms with Gasteiger partial charge in [-0.2, -0.15) is 5.26 Å².